The molecule has 1 aliphatic rings. The molecule has 1 unspecified atom stereocenters. The number of carboxylic acid groups (broad SMARTS) is 1. The number of ether oxygens (including phenoxy) is 3. The van der Waals surface area contributed by atoms with Gasteiger partial charge in [-0.2, -0.15) is 0 Å². The third kappa shape index (κ3) is 8.97. The Morgan fingerprint density at radius 1 is 0.885 bits per heavy atom. The number of methoxy groups -OCH3 is 1. The van der Waals surface area contributed by atoms with Gasteiger partial charge in [0.2, 0.25) is 0 Å². The van der Waals surface area contributed by atoms with Crippen molar-refractivity contribution >= 4 is 23.9 Å². The summed E-state index contributed by atoms with van der Waals surface area (Å²) in [5, 5.41) is 8.50. The first-order chi connectivity index (χ1) is 12.4. The summed E-state index contributed by atoms with van der Waals surface area (Å²) in [6.45, 7) is 1.49. The first kappa shape index (κ1) is 21.4. The molecule has 0 radical (unpaired) electrons. The molecule has 0 aromatic rings. The van der Waals surface area contributed by atoms with Gasteiger partial charge in [0.15, 0.2) is 0 Å². The van der Waals surface area contributed by atoms with Crippen molar-refractivity contribution in [2.75, 3.05) is 33.4 Å². The second-order valence-corrected chi connectivity index (χ2v) is 5.54. The van der Waals surface area contributed by atoms with Crippen molar-refractivity contribution < 1.29 is 38.5 Å². The van der Waals surface area contributed by atoms with E-state index in [2.05, 4.69) is 9.64 Å². The number of rotatable bonds is 9. The van der Waals surface area contributed by atoms with Crippen molar-refractivity contribution in [1.82, 2.24) is 4.90 Å². The maximum Gasteiger partial charge on any atom is 0.331 e. The zero-order chi connectivity index (χ0) is 19.4. The van der Waals surface area contributed by atoms with Gasteiger partial charge in [-0.05, 0) is 25.9 Å². The van der Waals surface area contributed by atoms with Crippen LogP contribution in [0.25, 0.3) is 0 Å². The molecule has 0 amide bonds. The van der Waals surface area contributed by atoms with Crippen molar-refractivity contribution in [3.63, 3.8) is 0 Å². The smallest absolute Gasteiger partial charge is 0.331 e. The molecule has 0 spiro atoms. The number of carbonyl (C=O) groups excluding carboxylic acids is 3. The van der Waals surface area contributed by atoms with E-state index >= 15 is 0 Å². The summed E-state index contributed by atoms with van der Waals surface area (Å²) in [5.74, 6) is -3.42. The van der Waals surface area contributed by atoms with Gasteiger partial charge in [-0.15, -0.1) is 0 Å². The third-order valence-corrected chi connectivity index (χ3v) is 3.66. The molecule has 1 saturated heterocycles. The largest absolute Gasteiger partial charge is 0.478 e. The maximum absolute atomic E-state index is 11.6. The fraction of sp³-hybridized carbons (Fsp3) is 0.529. The van der Waals surface area contributed by atoms with Gasteiger partial charge in [0.05, 0.1) is 13.2 Å². The highest BCUT2D eigenvalue weighted by molar-refractivity contribution is 5.91. The van der Waals surface area contributed by atoms with E-state index in [-0.39, 0.29) is 19.3 Å². The molecule has 0 bridgehead atoms. The number of aliphatic carboxylic acids is 1. The number of hydrogen-bond acceptors (Lipinski definition) is 8. The molecule has 1 fully saturated rings. The van der Waals surface area contributed by atoms with E-state index in [1.165, 1.54) is 7.11 Å². The third-order valence-electron chi connectivity index (χ3n) is 3.66. The monoisotopic (exact) mass is 369 g/mol. The molecule has 1 aliphatic heterocycles. The Hall–Kier alpha value is -2.68. The zero-order valence-electron chi connectivity index (χ0n) is 14.6. The highest BCUT2D eigenvalue weighted by Gasteiger charge is 2.23. The van der Waals surface area contributed by atoms with E-state index in [4.69, 9.17) is 14.6 Å². The molecule has 0 aromatic heterocycles. The molecule has 144 valence electrons. The summed E-state index contributed by atoms with van der Waals surface area (Å²) in [6, 6.07) is -0.354. The number of carbonyl (C=O) groups is 4. The molecule has 0 saturated carbocycles. The number of esters is 3. The van der Waals surface area contributed by atoms with Crippen molar-refractivity contribution in [1.29, 1.82) is 0 Å². The predicted octanol–water partition coefficient (Wildman–Crippen LogP) is 0.297. The number of carboxylic acids is 1. The summed E-state index contributed by atoms with van der Waals surface area (Å²) in [7, 11) is 1.19. The number of hydrogen-bond donors (Lipinski definition) is 1. The van der Waals surface area contributed by atoms with Gasteiger partial charge in [-0.1, -0.05) is 6.42 Å². The summed E-state index contributed by atoms with van der Waals surface area (Å²) >= 11 is 0. The van der Waals surface area contributed by atoms with Crippen LogP contribution < -0.4 is 0 Å². The minimum Gasteiger partial charge on any atom is -0.478 e. The first-order valence-corrected chi connectivity index (χ1v) is 8.17. The summed E-state index contributed by atoms with van der Waals surface area (Å²) in [5.41, 5.74) is 0. The molecule has 0 aromatic carbocycles. The highest BCUT2D eigenvalue weighted by Crippen LogP contribution is 2.13. The van der Waals surface area contributed by atoms with E-state index in [0.29, 0.717) is 6.08 Å². The summed E-state index contributed by atoms with van der Waals surface area (Å²) in [4.78, 5) is 46.6. The van der Waals surface area contributed by atoms with E-state index < -0.39 is 23.9 Å². The average molecular weight is 369 g/mol. The second kappa shape index (κ2) is 11.8. The molecule has 1 N–H and O–H groups in total. The normalized spacial score (nSPS) is 16.3. The Labute approximate surface area is 151 Å². The van der Waals surface area contributed by atoms with Crippen LogP contribution in [-0.2, 0) is 33.4 Å². The zero-order valence-corrected chi connectivity index (χ0v) is 14.6. The minimum atomic E-state index is -1.25. The summed E-state index contributed by atoms with van der Waals surface area (Å²) in [6.07, 6.45) is 6.50. The molecular formula is C17H23NO8. The molecule has 0 aliphatic carbocycles. The van der Waals surface area contributed by atoms with Crippen LogP contribution >= 0.6 is 0 Å². The molecule has 9 heteroatoms. The lowest BCUT2D eigenvalue weighted by Crippen LogP contribution is -2.45. The Balaban J connectivity index is 2.57. The molecule has 1 atom stereocenters. The quantitative estimate of drug-likeness (QED) is 0.347. The molecule has 9 nitrogen and oxygen atoms in total. The van der Waals surface area contributed by atoms with Gasteiger partial charge in [-0.25, -0.2) is 19.2 Å². The van der Waals surface area contributed by atoms with Gasteiger partial charge in [0.25, 0.3) is 0 Å². The number of likely N-dealkylation sites (tertiary alicyclic amines) is 1. The van der Waals surface area contributed by atoms with Crippen LogP contribution in [0.5, 0.6) is 0 Å². The van der Waals surface area contributed by atoms with Crippen LogP contribution in [-0.4, -0.2) is 73.3 Å². The molecule has 1 rings (SSSR count). The van der Waals surface area contributed by atoms with E-state index in [9.17, 15) is 19.2 Å². The van der Waals surface area contributed by atoms with Gasteiger partial charge >= 0.3 is 23.9 Å². The van der Waals surface area contributed by atoms with Crippen LogP contribution in [0.2, 0.25) is 0 Å². The van der Waals surface area contributed by atoms with Crippen LogP contribution in [0.1, 0.15) is 19.3 Å². The second-order valence-electron chi connectivity index (χ2n) is 5.54. The predicted molar refractivity (Wildman–Crippen MR) is 89.1 cm³/mol. The van der Waals surface area contributed by atoms with Gasteiger partial charge < -0.3 is 19.3 Å². The topological polar surface area (TPSA) is 119 Å². The molecule has 26 heavy (non-hydrogen) atoms. The van der Waals surface area contributed by atoms with Crippen molar-refractivity contribution in [3.05, 3.63) is 24.3 Å². The fourth-order valence-electron chi connectivity index (χ4n) is 2.34. The SMILES string of the molecule is COC(=O)/C=C/C(=O)OCC(COC(=O)/C=C/C(=O)O)N1CCCCC1. The molecular weight excluding hydrogens is 346 g/mol. The number of nitrogens with zero attached hydrogens (tertiary/aromatic N) is 1. The highest BCUT2D eigenvalue weighted by atomic mass is 16.5. The Kier molecular flexibility index (Phi) is 9.70. The van der Waals surface area contributed by atoms with Crippen LogP contribution in [0.3, 0.4) is 0 Å². The lowest BCUT2D eigenvalue weighted by Gasteiger charge is -2.33. The standard InChI is InChI=1S/C17H23NO8/c1-24-15(21)7-8-17(23)26-12-13(18-9-3-2-4-10-18)11-25-16(22)6-5-14(19)20/h5-8,13H,2-4,9-12H2,1H3,(H,19,20)/b6-5+,8-7+. The fourth-order valence-corrected chi connectivity index (χ4v) is 2.34. The van der Waals surface area contributed by atoms with Gasteiger partial charge in [0.1, 0.15) is 13.2 Å². The van der Waals surface area contributed by atoms with E-state index in [0.717, 1.165) is 50.6 Å². The van der Waals surface area contributed by atoms with E-state index in [1.54, 1.807) is 0 Å². The number of piperidine rings is 1. The van der Waals surface area contributed by atoms with Crippen molar-refractivity contribution in [2.45, 2.75) is 25.3 Å². The Morgan fingerprint density at radius 2 is 1.38 bits per heavy atom. The van der Waals surface area contributed by atoms with E-state index in [1.807, 2.05) is 0 Å². The molecule has 1 heterocycles. The van der Waals surface area contributed by atoms with Crippen molar-refractivity contribution in [3.8, 4) is 0 Å². The first-order valence-electron chi connectivity index (χ1n) is 8.17. The average Bonchev–Trinajstić information content (AvgIpc) is 2.65. The minimum absolute atomic E-state index is 0.0275. The lowest BCUT2D eigenvalue weighted by atomic mass is 10.1. The summed E-state index contributed by atoms with van der Waals surface area (Å²) < 4.78 is 14.5. The van der Waals surface area contributed by atoms with Gasteiger partial charge in [0, 0.05) is 24.3 Å². The van der Waals surface area contributed by atoms with Crippen LogP contribution in [0.15, 0.2) is 24.3 Å². The lowest BCUT2D eigenvalue weighted by molar-refractivity contribution is -0.145. The van der Waals surface area contributed by atoms with Crippen molar-refractivity contribution in [2.24, 2.45) is 0 Å². The Morgan fingerprint density at radius 3 is 1.88 bits per heavy atom. The van der Waals surface area contributed by atoms with Crippen LogP contribution in [0.4, 0.5) is 0 Å². The maximum atomic E-state index is 11.6. The van der Waals surface area contributed by atoms with Crippen LogP contribution in [0, 0.1) is 0 Å². The Bertz CT molecular complexity index is 563. The van der Waals surface area contributed by atoms with Gasteiger partial charge in [-0.3, -0.25) is 4.90 Å².